The van der Waals surface area contributed by atoms with Gasteiger partial charge in [-0.25, -0.2) is 0 Å². The average molecular weight is 411 g/mol. The first-order valence-corrected chi connectivity index (χ1v) is 10.8. The SMILES string of the molecule is CC(C(O)c1ccc2c(c1)CCC(=O)N2)N1CCCCC1COc1cccc(O)c1. The van der Waals surface area contributed by atoms with Crippen molar-refractivity contribution in [3.8, 4) is 11.5 Å². The molecule has 3 N–H and O–H groups in total. The second kappa shape index (κ2) is 9.06. The number of ether oxygens (including phenoxy) is 1. The highest BCUT2D eigenvalue weighted by Crippen LogP contribution is 2.31. The summed E-state index contributed by atoms with van der Waals surface area (Å²) in [5.74, 6) is 0.901. The topological polar surface area (TPSA) is 82.0 Å². The zero-order chi connectivity index (χ0) is 21.1. The molecular weight excluding hydrogens is 380 g/mol. The average Bonchev–Trinajstić information content (AvgIpc) is 2.76. The molecule has 2 aliphatic rings. The lowest BCUT2D eigenvalue weighted by Crippen LogP contribution is -2.49. The Balaban J connectivity index is 1.44. The Bertz CT molecular complexity index is 901. The van der Waals surface area contributed by atoms with Crippen molar-refractivity contribution in [2.24, 2.45) is 0 Å². The number of rotatable bonds is 6. The highest BCUT2D eigenvalue weighted by atomic mass is 16.5. The molecule has 1 saturated heterocycles. The molecule has 2 aromatic carbocycles. The fourth-order valence-corrected chi connectivity index (χ4v) is 4.55. The number of aliphatic hydroxyl groups is 1. The number of carbonyl (C=O) groups is 1. The third-order valence-corrected chi connectivity index (χ3v) is 6.28. The summed E-state index contributed by atoms with van der Waals surface area (Å²) in [6.45, 7) is 3.52. The van der Waals surface area contributed by atoms with Crippen molar-refractivity contribution in [1.29, 1.82) is 0 Å². The lowest BCUT2D eigenvalue weighted by molar-refractivity contribution is -0.116. The number of hydrogen-bond donors (Lipinski definition) is 3. The number of phenols is 1. The second-order valence-electron chi connectivity index (χ2n) is 8.35. The third kappa shape index (κ3) is 4.60. The van der Waals surface area contributed by atoms with Gasteiger partial charge in [0.1, 0.15) is 18.1 Å². The van der Waals surface area contributed by atoms with Crippen LogP contribution in [-0.4, -0.2) is 46.3 Å². The largest absolute Gasteiger partial charge is 0.508 e. The number of phenolic OH excluding ortho intramolecular Hbond substituents is 1. The van der Waals surface area contributed by atoms with Gasteiger partial charge >= 0.3 is 0 Å². The van der Waals surface area contributed by atoms with Gasteiger partial charge in [-0.05, 0) is 62.1 Å². The van der Waals surface area contributed by atoms with Crippen LogP contribution in [0.2, 0.25) is 0 Å². The first kappa shape index (κ1) is 20.7. The standard InChI is InChI=1S/C24H30N2O4/c1-16(24(29)18-8-10-22-17(13-18)9-11-23(28)25-22)26-12-3-2-5-19(26)15-30-21-7-4-6-20(27)14-21/h4,6-8,10,13-14,16,19,24,27,29H,2-3,5,9,11-12,15H2,1H3,(H,25,28). The number of aromatic hydroxyl groups is 1. The van der Waals surface area contributed by atoms with Gasteiger partial charge in [-0.15, -0.1) is 0 Å². The summed E-state index contributed by atoms with van der Waals surface area (Å²) in [4.78, 5) is 13.9. The summed E-state index contributed by atoms with van der Waals surface area (Å²) in [6, 6.07) is 12.9. The number of likely N-dealkylation sites (tertiary alicyclic amines) is 1. The number of aryl methyl sites for hydroxylation is 1. The van der Waals surface area contributed by atoms with E-state index in [-0.39, 0.29) is 23.7 Å². The van der Waals surface area contributed by atoms with E-state index in [4.69, 9.17) is 4.74 Å². The van der Waals surface area contributed by atoms with Crippen LogP contribution in [-0.2, 0) is 11.2 Å². The number of anilines is 1. The number of piperidine rings is 1. The van der Waals surface area contributed by atoms with Crippen LogP contribution in [0.15, 0.2) is 42.5 Å². The van der Waals surface area contributed by atoms with E-state index in [0.29, 0.717) is 25.2 Å². The molecule has 4 rings (SSSR count). The van der Waals surface area contributed by atoms with Crippen LogP contribution in [0, 0.1) is 0 Å². The van der Waals surface area contributed by atoms with E-state index in [1.807, 2.05) is 24.3 Å². The predicted octanol–water partition coefficient (Wildman–Crippen LogP) is 3.63. The van der Waals surface area contributed by atoms with E-state index in [2.05, 4.69) is 17.1 Å². The summed E-state index contributed by atoms with van der Waals surface area (Å²) < 4.78 is 5.95. The molecule has 0 saturated carbocycles. The molecule has 1 amide bonds. The van der Waals surface area contributed by atoms with E-state index in [0.717, 1.165) is 42.6 Å². The smallest absolute Gasteiger partial charge is 0.224 e. The molecule has 6 nitrogen and oxygen atoms in total. The van der Waals surface area contributed by atoms with Gasteiger partial charge in [0.05, 0.1) is 6.10 Å². The van der Waals surface area contributed by atoms with Crippen molar-refractivity contribution in [2.75, 3.05) is 18.5 Å². The van der Waals surface area contributed by atoms with E-state index in [1.165, 1.54) is 0 Å². The van der Waals surface area contributed by atoms with Crippen LogP contribution >= 0.6 is 0 Å². The van der Waals surface area contributed by atoms with Crippen molar-refractivity contribution in [2.45, 2.75) is 57.2 Å². The Hall–Kier alpha value is -2.57. The normalized spacial score (nSPS) is 21.4. The Kier molecular flexibility index (Phi) is 6.25. The summed E-state index contributed by atoms with van der Waals surface area (Å²) in [7, 11) is 0. The lowest BCUT2D eigenvalue weighted by atomic mass is 9.93. The Morgan fingerprint density at radius 1 is 1.20 bits per heavy atom. The minimum absolute atomic E-state index is 0.0482. The monoisotopic (exact) mass is 410 g/mol. The van der Waals surface area contributed by atoms with E-state index < -0.39 is 6.10 Å². The molecule has 0 aromatic heterocycles. The van der Waals surface area contributed by atoms with Gasteiger partial charge in [0, 0.05) is 30.3 Å². The molecule has 1 fully saturated rings. The van der Waals surface area contributed by atoms with E-state index in [9.17, 15) is 15.0 Å². The van der Waals surface area contributed by atoms with Crippen molar-refractivity contribution >= 4 is 11.6 Å². The number of nitrogens with one attached hydrogen (secondary N) is 1. The van der Waals surface area contributed by atoms with Gasteiger partial charge in [-0.2, -0.15) is 0 Å². The summed E-state index contributed by atoms with van der Waals surface area (Å²) in [5, 5.41) is 23.7. The molecule has 160 valence electrons. The molecule has 2 aliphatic heterocycles. The highest BCUT2D eigenvalue weighted by Gasteiger charge is 2.32. The van der Waals surface area contributed by atoms with Gasteiger partial charge in [0.25, 0.3) is 0 Å². The van der Waals surface area contributed by atoms with Crippen LogP contribution in [0.4, 0.5) is 5.69 Å². The number of nitrogens with zero attached hydrogens (tertiary/aromatic N) is 1. The van der Waals surface area contributed by atoms with Crippen LogP contribution in [0.1, 0.15) is 49.8 Å². The Labute approximate surface area is 177 Å². The maximum Gasteiger partial charge on any atom is 0.224 e. The minimum atomic E-state index is -0.616. The first-order valence-electron chi connectivity index (χ1n) is 10.8. The third-order valence-electron chi connectivity index (χ3n) is 6.28. The number of carbonyl (C=O) groups excluding carboxylic acids is 1. The molecular formula is C24H30N2O4. The van der Waals surface area contributed by atoms with Gasteiger partial charge in [-0.3, -0.25) is 9.69 Å². The number of benzene rings is 2. The van der Waals surface area contributed by atoms with Crippen molar-refractivity contribution in [3.05, 3.63) is 53.6 Å². The van der Waals surface area contributed by atoms with Gasteiger partial charge < -0.3 is 20.3 Å². The maximum atomic E-state index is 11.6. The fourth-order valence-electron chi connectivity index (χ4n) is 4.55. The number of hydrogen-bond acceptors (Lipinski definition) is 5. The molecule has 30 heavy (non-hydrogen) atoms. The first-order chi connectivity index (χ1) is 14.5. The van der Waals surface area contributed by atoms with Gasteiger partial charge in [0.2, 0.25) is 5.91 Å². The van der Waals surface area contributed by atoms with Crippen molar-refractivity contribution < 1.29 is 19.7 Å². The molecule has 0 bridgehead atoms. The number of amides is 1. The summed E-state index contributed by atoms with van der Waals surface area (Å²) in [6.07, 6.45) is 3.85. The highest BCUT2D eigenvalue weighted by molar-refractivity contribution is 5.93. The Morgan fingerprint density at radius 3 is 2.90 bits per heavy atom. The quantitative estimate of drug-likeness (QED) is 0.677. The molecule has 0 aliphatic carbocycles. The molecule has 3 atom stereocenters. The molecule has 0 spiro atoms. The minimum Gasteiger partial charge on any atom is -0.508 e. The van der Waals surface area contributed by atoms with Gasteiger partial charge in [-0.1, -0.05) is 24.6 Å². The fraction of sp³-hybridized carbons (Fsp3) is 0.458. The molecule has 2 heterocycles. The molecule has 2 aromatic rings. The lowest BCUT2D eigenvalue weighted by Gasteiger charge is -2.41. The maximum absolute atomic E-state index is 11.6. The summed E-state index contributed by atoms with van der Waals surface area (Å²) in [5.41, 5.74) is 2.82. The zero-order valence-electron chi connectivity index (χ0n) is 17.4. The van der Waals surface area contributed by atoms with Crippen LogP contribution in [0.3, 0.4) is 0 Å². The van der Waals surface area contributed by atoms with E-state index in [1.54, 1.807) is 18.2 Å². The summed E-state index contributed by atoms with van der Waals surface area (Å²) >= 11 is 0. The molecule has 6 heteroatoms. The zero-order valence-corrected chi connectivity index (χ0v) is 17.4. The van der Waals surface area contributed by atoms with Crippen LogP contribution in [0.5, 0.6) is 11.5 Å². The number of aliphatic hydroxyl groups excluding tert-OH is 1. The predicted molar refractivity (Wildman–Crippen MR) is 116 cm³/mol. The van der Waals surface area contributed by atoms with Gasteiger partial charge in [0.15, 0.2) is 0 Å². The second-order valence-corrected chi connectivity index (χ2v) is 8.35. The van der Waals surface area contributed by atoms with Crippen LogP contribution < -0.4 is 10.1 Å². The Morgan fingerprint density at radius 2 is 2.07 bits per heavy atom. The van der Waals surface area contributed by atoms with E-state index >= 15 is 0 Å². The van der Waals surface area contributed by atoms with Crippen molar-refractivity contribution in [3.63, 3.8) is 0 Å². The molecule has 3 unspecified atom stereocenters. The van der Waals surface area contributed by atoms with Crippen LogP contribution in [0.25, 0.3) is 0 Å². The number of fused-ring (bicyclic) bond motifs is 1. The molecule has 0 radical (unpaired) electrons. The van der Waals surface area contributed by atoms with Crippen molar-refractivity contribution in [1.82, 2.24) is 4.90 Å².